The molecule has 1 rings (SSSR count). The minimum atomic E-state index is -4.42. The Morgan fingerprint density at radius 1 is 1.44 bits per heavy atom. The molecule has 0 saturated heterocycles. The summed E-state index contributed by atoms with van der Waals surface area (Å²) in [6.07, 6.45) is -4.42. The van der Waals surface area contributed by atoms with Gasteiger partial charge in [0.1, 0.15) is 5.75 Å². The molecular formula is C11H10ClF3O. The van der Waals surface area contributed by atoms with Gasteiger partial charge in [-0.2, -0.15) is 13.2 Å². The van der Waals surface area contributed by atoms with Crippen LogP contribution in [-0.4, -0.2) is 13.0 Å². The number of halogens is 4. The second-order valence-corrected chi connectivity index (χ2v) is 3.42. The molecule has 0 atom stereocenters. The van der Waals surface area contributed by atoms with Crippen molar-refractivity contribution in [2.75, 3.05) is 13.0 Å². The Kier molecular flexibility index (Phi) is 3.86. The zero-order chi connectivity index (χ0) is 12.3. The van der Waals surface area contributed by atoms with E-state index in [2.05, 4.69) is 6.58 Å². The van der Waals surface area contributed by atoms with Gasteiger partial charge in [0.2, 0.25) is 0 Å². The van der Waals surface area contributed by atoms with Gasteiger partial charge in [0.05, 0.1) is 12.7 Å². The number of ether oxygens (including phenoxy) is 1. The Balaban J connectivity index is 3.22. The van der Waals surface area contributed by atoms with E-state index in [9.17, 15) is 13.2 Å². The molecule has 0 aliphatic rings. The average molecular weight is 251 g/mol. The van der Waals surface area contributed by atoms with E-state index in [0.29, 0.717) is 11.1 Å². The van der Waals surface area contributed by atoms with Crippen LogP contribution in [0.2, 0.25) is 0 Å². The normalized spacial score (nSPS) is 11.3. The summed E-state index contributed by atoms with van der Waals surface area (Å²) in [4.78, 5) is 0. The minimum Gasteiger partial charge on any atom is -0.496 e. The van der Waals surface area contributed by atoms with E-state index < -0.39 is 11.7 Å². The first-order valence-electron chi connectivity index (χ1n) is 4.39. The third-order valence-electron chi connectivity index (χ3n) is 2.08. The second-order valence-electron chi connectivity index (χ2n) is 3.15. The molecule has 0 spiro atoms. The fraction of sp³-hybridized carbons (Fsp3) is 0.273. The number of methoxy groups -OCH3 is 1. The molecule has 0 fully saturated rings. The highest BCUT2D eigenvalue weighted by atomic mass is 35.5. The maximum atomic E-state index is 12.5. The van der Waals surface area contributed by atoms with Crippen molar-refractivity contribution < 1.29 is 17.9 Å². The Morgan fingerprint density at radius 2 is 2.06 bits per heavy atom. The highest BCUT2D eigenvalue weighted by Gasteiger charge is 2.34. The van der Waals surface area contributed by atoms with Crippen LogP contribution < -0.4 is 4.74 Å². The third-order valence-corrected chi connectivity index (χ3v) is 2.40. The average Bonchev–Trinajstić information content (AvgIpc) is 2.25. The van der Waals surface area contributed by atoms with Crippen LogP contribution in [0.4, 0.5) is 13.2 Å². The molecule has 0 amide bonds. The SMILES string of the molecule is C=C(CCl)c1ccc(C(F)(F)F)c(OC)c1. The van der Waals surface area contributed by atoms with Crippen molar-refractivity contribution in [1.82, 2.24) is 0 Å². The first-order chi connectivity index (χ1) is 7.40. The van der Waals surface area contributed by atoms with Crippen LogP contribution in [0.1, 0.15) is 11.1 Å². The zero-order valence-corrected chi connectivity index (χ0v) is 9.32. The van der Waals surface area contributed by atoms with Crippen LogP contribution in [0.5, 0.6) is 5.75 Å². The van der Waals surface area contributed by atoms with Crippen LogP contribution in [0.15, 0.2) is 24.8 Å². The van der Waals surface area contributed by atoms with Gasteiger partial charge in [0.25, 0.3) is 0 Å². The van der Waals surface area contributed by atoms with Crippen molar-refractivity contribution in [2.24, 2.45) is 0 Å². The largest absolute Gasteiger partial charge is 0.496 e. The molecule has 0 aliphatic carbocycles. The molecule has 16 heavy (non-hydrogen) atoms. The molecule has 0 aliphatic heterocycles. The lowest BCUT2D eigenvalue weighted by Crippen LogP contribution is -2.07. The molecular weight excluding hydrogens is 241 g/mol. The van der Waals surface area contributed by atoms with Gasteiger partial charge in [-0.05, 0) is 23.3 Å². The summed E-state index contributed by atoms with van der Waals surface area (Å²) in [6, 6.07) is 3.58. The lowest BCUT2D eigenvalue weighted by atomic mass is 10.1. The van der Waals surface area contributed by atoms with Crippen LogP contribution in [0, 0.1) is 0 Å². The molecule has 88 valence electrons. The monoisotopic (exact) mass is 250 g/mol. The lowest BCUT2D eigenvalue weighted by molar-refractivity contribution is -0.138. The summed E-state index contributed by atoms with van der Waals surface area (Å²) in [5, 5.41) is 0. The van der Waals surface area contributed by atoms with Gasteiger partial charge in [0.15, 0.2) is 0 Å². The van der Waals surface area contributed by atoms with E-state index in [1.54, 1.807) is 0 Å². The number of alkyl halides is 4. The van der Waals surface area contributed by atoms with Crippen molar-refractivity contribution in [1.29, 1.82) is 0 Å². The number of benzene rings is 1. The van der Waals surface area contributed by atoms with Gasteiger partial charge < -0.3 is 4.74 Å². The highest BCUT2D eigenvalue weighted by Crippen LogP contribution is 2.37. The summed E-state index contributed by atoms with van der Waals surface area (Å²) < 4.78 is 42.3. The zero-order valence-electron chi connectivity index (χ0n) is 8.57. The number of rotatable bonds is 3. The van der Waals surface area contributed by atoms with Gasteiger partial charge in [-0.1, -0.05) is 12.6 Å². The predicted octanol–water partition coefficient (Wildman–Crippen LogP) is 3.97. The number of hydrogen-bond donors (Lipinski definition) is 0. The van der Waals surface area contributed by atoms with E-state index in [0.717, 1.165) is 6.07 Å². The molecule has 0 bridgehead atoms. The van der Waals surface area contributed by atoms with E-state index in [-0.39, 0.29) is 11.6 Å². The second kappa shape index (κ2) is 4.78. The summed E-state index contributed by atoms with van der Waals surface area (Å²) in [6.45, 7) is 3.64. The van der Waals surface area contributed by atoms with Crippen molar-refractivity contribution in [3.05, 3.63) is 35.9 Å². The van der Waals surface area contributed by atoms with Crippen molar-refractivity contribution >= 4 is 17.2 Å². The summed E-state index contributed by atoms with van der Waals surface area (Å²) in [7, 11) is 1.19. The fourth-order valence-corrected chi connectivity index (χ4v) is 1.38. The smallest absolute Gasteiger partial charge is 0.419 e. The number of hydrogen-bond acceptors (Lipinski definition) is 1. The maximum Gasteiger partial charge on any atom is 0.419 e. The molecule has 1 aromatic rings. The third kappa shape index (κ3) is 2.70. The Morgan fingerprint density at radius 3 is 2.50 bits per heavy atom. The summed E-state index contributed by atoms with van der Waals surface area (Å²) in [5.74, 6) is -0.0645. The molecule has 0 heterocycles. The molecule has 1 aromatic carbocycles. The van der Waals surface area contributed by atoms with Crippen LogP contribution in [0.3, 0.4) is 0 Å². The van der Waals surface area contributed by atoms with E-state index in [1.165, 1.54) is 19.2 Å². The first kappa shape index (κ1) is 12.9. The predicted molar refractivity (Wildman–Crippen MR) is 57.8 cm³/mol. The van der Waals surface area contributed by atoms with Crippen LogP contribution >= 0.6 is 11.6 Å². The topological polar surface area (TPSA) is 9.23 Å². The Labute approximate surface area is 96.5 Å². The Hall–Kier alpha value is -1.16. The highest BCUT2D eigenvalue weighted by molar-refractivity contribution is 6.23. The van der Waals surface area contributed by atoms with E-state index in [4.69, 9.17) is 16.3 Å². The molecule has 0 N–H and O–H groups in total. The van der Waals surface area contributed by atoms with E-state index >= 15 is 0 Å². The molecule has 0 unspecified atom stereocenters. The van der Waals surface area contributed by atoms with Crippen LogP contribution in [0.25, 0.3) is 5.57 Å². The summed E-state index contributed by atoms with van der Waals surface area (Å²) >= 11 is 5.55. The van der Waals surface area contributed by atoms with Gasteiger partial charge in [-0.3, -0.25) is 0 Å². The minimum absolute atomic E-state index is 0.161. The first-order valence-corrected chi connectivity index (χ1v) is 4.93. The van der Waals surface area contributed by atoms with Crippen molar-refractivity contribution in [3.63, 3.8) is 0 Å². The fourth-order valence-electron chi connectivity index (χ4n) is 1.22. The van der Waals surface area contributed by atoms with Gasteiger partial charge in [-0.15, -0.1) is 11.6 Å². The van der Waals surface area contributed by atoms with Gasteiger partial charge >= 0.3 is 6.18 Å². The molecule has 0 saturated carbocycles. The van der Waals surface area contributed by atoms with Gasteiger partial charge in [-0.25, -0.2) is 0 Å². The quantitative estimate of drug-likeness (QED) is 0.738. The lowest BCUT2D eigenvalue weighted by Gasteiger charge is -2.13. The molecule has 1 nitrogen and oxygen atoms in total. The van der Waals surface area contributed by atoms with Gasteiger partial charge in [0, 0.05) is 5.88 Å². The molecule has 0 radical (unpaired) electrons. The van der Waals surface area contributed by atoms with E-state index in [1.807, 2.05) is 0 Å². The van der Waals surface area contributed by atoms with Crippen molar-refractivity contribution in [2.45, 2.75) is 6.18 Å². The standard InChI is InChI=1S/C11H10ClF3O/c1-7(6-12)8-3-4-9(11(13,14)15)10(5-8)16-2/h3-5H,1,6H2,2H3. The molecule has 5 heteroatoms. The number of allylic oxidation sites excluding steroid dienone is 1. The van der Waals surface area contributed by atoms with Crippen LogP contribution in [-0.2, 0) is 6.18 Å². The summed E-state index contributed by atoms with van der Waals surface area (Å²) in [5.41, 5.74) is 0.287. The molecule has 0 aromatic heterocycles. The Bertz CT molecular complexity index is 399. The maximum absolute atomic E-state index is 12.5. The van der Waals surface area contributed by atoms with Crippen molar-refractivity contribution in [3.8, 4) is 5.75 Å².